The van der Waals surface area contributed by atoms with Crippen molar-refractivity contribution in [3.05, 3.63) is 121 Å². The summed E-state index contributed by atoms with van der Waals surface area (Å²) in [6, 6.07) is 38.4. The van der Waals surface area contributed by atoms with Gasteiger partial charge in [-0.2, -0.15) is 0 Å². The van der Waals surface area contributed by atoms with E-state index in [1.165, 1.54) is 0 Å². The fourth-order valence-corrected chi connectivity index (χ4v) is 10.3. The molecule has 0 atom stereocenters. The van der Waals surface area contributed by atoms with E-state index in [0.717, 1.165) is 21.2 Å². The molecule has 2 nitrogen and oxygen atoms in total. The molecule has 0 radical (unpaired) electrons. The fourth-order valence-electron chi connectivity index (χ4n) is 3.77. The maximum absolute atomic E-state index is 14.4. The zero-order chi connectivity index (χ0) is 25.4. The molecule has 0 aliphatic carbocycles. The number of rotatable bonds is 7. The molecule has 0 aliphatic rings. The summed E-state index contributed by atoms with van der Waals surface area (Å²) < 4.78 is 28.8. The summed E-state index contributed by atoms with van der Waals surface area (Å²) in [5.41, 5.74) is 0. The summed E-state index contributed by atoms with van der Waals surface area (Å²) in [4.78, 5) is 0. The van der Waals surface area contributed by atoms with Crippen molar-refractivity contribution in [3.8, 4) is 0 Å². The zero-order valence-corrected chi connectivity index (χ0v) is 25.4. The maximum atomic E-state index is 14.4. The van der Waals surface area contributed by atoms with Crippen LogP contribution in [0.15, 0.2) is 121 Å². The van der Waals surface area contributed by atoms with Crippen LogP contribution in [0.25, 0.3) is 0 Å². The van der Waals surface area contributed by atoms with E-state index in [1.54, 1.807) is 0 Å². The van der Waals surface area contributed by atoms with Crippen LogP contribution in [0, 0.1) is 0 Å². The van der Waals surface area contributed by atoms with Crippen LogP contribution in [0.2, 0.25) is 0 Å². The third-order valence-electron chi connectivity index (χ3n) is 5.42. The van der Waals surface area contributed by atoms with Crippen LogP contribution >= 0.6 is 52.0 Å². The summed E-state index contributed by atoms with van der Waals surface area (Å²) in [5, 5.41) is 3.24. The minimum absolute atomic E-state index is 0.349. The molecule has 0 aromatic heterocycles. The number of hydrogen-bond acceptors (Lipinski definition) is 2. The Kier molecular flexibility index (Phi) is 10.8. The van der Waals surface area contributed by atoms with Crippen LogP contribution in [0.1, 0.15) is 0 Å². The second kappa shape index (κ2) is 13.1. The molecule has 0 amide bonds. The Morgan fingerprint density at radius 3 is 0.771 bits per heavy atom. The van der Waals surface area contributed by atoms with Crippen molar-refractivity contribution >= 4 is 73.2 Å². The van der Waals surface area contributed by atoms with E-state index >= 15 is 0 Å². The van der Waals surface area contributed by atoms with Crippen molar-refractivity contribution in [2.75, 3.05) is 12.3 Å². The Morgan fingerprint density at radius 2 is 0.600 bits per heavy atom. The van der Waals surface area contributed by atoms with Gasteiger partial charge in [0.15, 0.2) is 0 Å². The normalized spacial score (nSPS) is 12.3. The molecule has 4 aromatic carbocycles. The van der Waals surface area contributed by atoms with Gasteiger partial charge in [-0.3, -0.25) is 0 Å². The molecule has 4 rings (SSSR count). The number of benzene rings is 4. The number of halogens is 4. The molecule has 9 heteroatoms. The molecule has 0 spiro atoms. The van der Waals surface area contributed by atoms with Gasteiger partial charge < -0.3 is 9.13 Å². The van der Waals surface area contributed by atoms with E-state index < -0.39 is 26.2 Å². The fraction of sp³-hybridized carbons (Fsp3) is 0.0769. The average molecular weight is 668 g/mol. The van der Waals surface area contributed by atoms with Gasteiger partial charge in [0.2, 0.25) is 0 Å². The van der Waals surface area contributed by atoms with Gasteiger partial charge in [-0.05, 0) is 0 Å². The Hall–Kier alpha value is -0.812. The van der Waals surface area contributed by atoms with Crippen LogP contribution in [0.4, 0.5) is 0 Å². The minimum atomic E-state index is -3.13. The molecular weight excluding hydrogens is 644 g/mol. The van der Waals surface area contributed by atoms with Gasteiger partial charge >= 0.3 is 49.6 Å². The SMILES string of the molecule is O=P(CCP(=O)(c1ccccc1)c1ccccc1)(c1ccccc1)c1ccccc1.[Cl][Mo]([Cl])([Cl])[Cl]. The molecule has 0 aliphatic heterocycles. The number of hydrogen-bond donors (Lipinski definition) is 0. The van der Waals surface area contributed by atoms with E-state index in [4.69, 9.17) is 37.7 Å². The standard InChI is InChI=1S/C26H24O2P2.4ClH.Mo/c27-29(23-13-5-1-6-14-23,24-15-7-2-8-16-24)21-22-30(28,25-17-9-3-10-18-25)26-19-11-4-12-20-26;;;;;/h1-20H,21-22H2;4*1H;/q;;;;;+4/p-4. The molecule has 0 saturated carbocycles. The van der Waals surface area contributed by atoms with Crippen molar-refractivity contribution in [3.63, 3.8) is 0 Å². The third kappa shape index (κ3) is 8.35. The molecule has 4 aromatic rings. The summed E-state index contributed by atoms with van der Waals surface area (Å²) in [6.45, 7) is 0. The molecule has 0 fully saturated rings. The third-order valence-corrected chi connectivity index (χ3v) is 12.0. The Bertz CT molecular complexity index is 1100. The molecule has 184 valence electrons. The first-order valence-corrected chi connectivity index (χ1v) is 24.8. The Morgan fingerprint density at radius 1 is 0.429 bits per heavy atom. The van der Waals surface area contributed by atoms with Gasteiger partial charge in [-0.1, -0.05) is 121 Å². The van der Waals surface area contributed by atoms with Crippen LogP contribution in [-0.4, -0.2) is 12.3 Å². The van der Waals surface area contributed by atoms with E-state index in [-0.39, 0.29) is 0 Å². The van der Waals surface area contributed by atoms with Crippen molar-refractivity contribution in [2.24, 2.45) is 0 Å². The van der Waals surface area contributed by atoms with Gasteiger partial charge in [0, 0.05) is 33.5 Å². The first kappa shape index (κ1) is 28.8. The van der Waals surface area contributed by atoms with Gasteiger partial charge in [-0.15, -0.1) is 0 Å². The summed E-state index contributed by atoms with van der Waals surface area (Å²) in [6.07, 6.45) is 0.699. The first-order chi connectivity index (χ1) is 16.6. The van der Waals surface area contributed by atoms with Gasteiger partial charge in [-0.25, -0.2) is 0 Å². The van der Waals surface area contributed by atoms with Crippen molar-refractivity contribution in [1.29, 1.82) is 0 Å². The second-order valence-corrected chi connectivity index (χ2v) is 31.8. The molecule has 0 heterocycles. The molecule has 0 saturated heterocycles. The predicted molar refractivity (Wildman–Crippen MR) is 153 cm³/mol. The average Bonchev–Trinajstić information content (AvgIpc) is 2.88. The molecule has 0 unspecified atom stereocenters. The Labute approximate surface area is 226 Å². The first-order valence-electron chi connectivity index (χ1n) is 10.7. The van der Waals surface area contributed by atoms with E-state index in [0.29, 0.717) is 12.3 Å². The van der Waals surface area contributed by atoms with Crippen LogP contribution < -0.4 is 21.2 Å². The summed E-state index contributed by atoms with van der Waals surface area (Å²) in [5.74, 6) is 0. The van der Waals surface area contributed by atoms with Gasteiger partial charge in [0.25, 0.3) is 0 Å². The quantitative estimate of drug-likeness (QED) is 0.149. The van der Waals surface area contributed by atoms with E-state index in [9.17, 15) is 9.13 Å². The second-order valence-electron chi connectivity index (χ2n) is 7.62. The van der Waals surface area contributed by atoms with Crippen molar-refractivity contribution in [2.45, 2.75) is 0 Å². The molecule has 0 N–H and O–H groups in total. The van der Waals surface area contributed by atoms with Gasteiger partial charge in [0.1, 0.15) is 14.3 Å². The van der Waals surface area contributed by atoms with Crippen LogP contribution in [0.5, 0.6) is 0 Å². The summed E-state index contributed by atoms with van der Waals surface area (Å²) in [7, 11) is 14.2. The summed E-state index contributed by atoms with van der Waals surface area (Å²) >= 11 is -3.13. The monoisotopic (exact) mass is 668 g/mol. The van der Waals surface area contributed by atoms with Gasteiger partial charge in [0.05, 0.1) is 0 Å². The predicted octanol–water partition coefficient (Wildman–Crippen LogP) is 7.77. The van der Waals surface area contributed by atoms with Crippen molar-refractivity contribution < 1.29 is 21.0 Å². The topological polar surface area (TPSA) is 34.1 Å². The van der Waals surface area contributed by atoms with E-state index in [2.05, 4.69) is 0 Å². The van der Waals surface area contributed by atoms with Crippen LogP contribution in [-0.2, 0) is 21.0 Å². The van der Waals surface area contributed by atoms with Crippen molar-refractivity contribution in [1.82, 2.24) is 0 Å². The molecule has 0 bridgehead atoms. The van der Waals surface area contributed by atoms with Crippen LogP contribution in [0.3, 0.4) is 0 Å². The molecular formula is C26H24Cl4MoO2P2. The molecule has 35 heavy (non-hydrogen) atoms. The zero-order valence-electron chi connectivity index (χ0n) is 18.6. The van der Waals surface area contributed by atoms with E-state index in [1.807, 2.05) is 121 Å². The Balaban J connectivity index is 0.000000623.